The second-order valence-electron chi connectivity index (χ2n) is 7.71. The lowest BCUT2D eigenvalue weighted by atomic mass is 9.95. The number of aryl methyl sites for hydroxylation is 1. The predicted octanol–water partition coefficient (Wildman–Crippen LogP) is 2.89. The van der Waals surface area contributed by atoms with Crippen molar-refractivity contribution in [2.75, 3.05) is 19.6 Å². The number of fused-ring (bicyclic) bond motifs is 2. The van der Waals surface area contributed by atoms with Crippen molar-refractivity contribution >= 4 is 29.3 Å². The molecule has 0 radical (unpaired) electrons. The Kier molecular flexibility index (Phi) is 5.87. The van der Waals surface area contributed by atoms with Crippen molar-refractivity contribution in [3.05, 3.63) is 47.7 Å². The molecule has 0 aliphatic carbocycles. The Bertz CT molecular complexity index is 957. The Morgan fingerprint density at radius 2 is 2.00 bits per heavy atom. The molecule has 1 amide bonds. The average molecular weight is 416 g/mol. The Balaban J connectivity index is 0.00000205. The van der Waals surface area contributed by atoms with Gasteiger partial charge < -0.3 is 19.2 Å². The summed E-state index contributed by atoms with van der Waals surface area (Å²) in [6, 6.07) is 10.0. The molecule has 1 fully saturated rings. The van der Waals surface area contributed by atoms with E-state index in [-0.39, 0.29) is 18.3 Å². The van der Waals surface area contributed by atoms with Crippen molar-refractivity contribution in [1.29, 1.82) is 0 Å². The van der Waals surface area contributed by atoms with Crippen LogP contribution in [0.1, 0.15) is 42.6 Å². The number of piperidine rings is 1. The smallest absolute Gasteiger partial charge is 0.223 e. The largest absolute Gasteiger partial charge is 0.461 e. The summed E-state index contributed by atoms with van der Waals surface area (Å²) < 4.78 is 8.09. The summed E-state index contributed by atoms with van der Waals surface area (Å²) in [5.74, 6) is 3.63. The molecule has 8 heteroatoms. The number of benzene rings is 1. The van der Waals surface area contributed by atoms with Gasteiger partial charge in [-0.2, -0.15) is 0 Å². The van der Waals surface area contributed by atoms with E-state index in [0.29, 0.717) is 18.8 Å². The Morgan fingerprint density at radius 1 is 1.17 bits per heavy atom. The van der Waals surface area contributed by atoms with Crippen molar-refractivity contribution in [1.82, 2.24) is 25.0 Å². The maximum atomic E-state index is 12.7. The van der Waals surface area contributed by atoms with Crippen molar-refractivity contribution in [2.45, 2.75) is 44.7 Å². The summed E-state index contributed by atoms with van der Waals surface area (Å²) in [6.45, 7) is 4.30. The number of carbonyl (C=O) groups excluding carboxylic acids is 1. The number of aromatic nitrogens is 3. The van der Waals surface area contributed by atoms with E-state index in [1.807, 2.05) is 35.2 Å². The fourth-order valence-corrected chi connectivity index (χ4v) is 4.35. The summed E-state index contributed by atoms with van der Waals surface area (Å²) in [4.78, 5) is 14.6. The van der Waals surface area contributed by atoms with Gasteiger partial charge in [0.25, 0.3) is 0 Å². The van der Waals surface area contributed by atoms with E-state index >= 15 is 0 Å². The van der Waals surface area contributed by atoms with Crippen LogP contribution in [0.3, 0.4) is 0 Å². The molecule has 5 rings (SSSR count). The zero-order chi connectivity index (χ0) is 18.9. The number of amides is 1. The highest BCUT2D eigenvalue weighted by Gasteiger charge is 2.28. The fraction of sp³-hybridized carbons (Fsp3) is 0.476. The quantitative estimate of drug-likeness (QED) is 0.709. The molecule has 1 saturated heterocycles. The molecule has 0 bridgehead atoms. The minimum atomic E-state index is 0. The molecular weight excluding hydrogens is 390 g/mol. The summed E-state index contributed by atoms with van der Waals surface area (Å²) in [5.41, 5.74) is 0.887. The van der Waals surface area contributed by atoms with Gasteiger partial charge in [-0.25, -0.2) is 0 Å². The van der Waals surface area contributed by atoms with Crippen LogP contribution in [0.5, 0.6) is 0 Å². The lowest BCUT2D eigenvalue weighted by Crippen LogP contribution is -2.39. The Labute approximate surface area is 175 Å². The lowest BCUT2D eigenvalue weighted by Gasteiger charge is -2.32. The van der Waals surface area contributed by atoms with Crippen LogP contribution in [0.2, 0.25) is 0 Å². The number of likely N-dealkylation sites (tertiary alicyclic amines) is 1. The van der Waals surface area contributed by atoms with Gasteiger partial charge in [0.05, 0.1) is 6.54 Å². The second-order valence-corrected chi connectivity index (χ2v) is 7.71. The van der Waals surface area contributed by atoms with Gasteiger partial charge in [-0.3, -0.25) is 4.79 Å². The maximum Gasteiger partial charge on any atom is 0.223 e. The lowest BCUT2D eigenvalue weighted by molar-refractivity contribution is -0.132. The first-order valence-corrected chi connectivity index (χ1v) is 10.2. The number of furan rings is 1. The van der Waals surface area contributed by atoms with Crippen molar-refractivity contribution < 1.29 is 9.21 Å². The molecule has 1 N–H and O–H groups in total. The van der Waals surface area contributed by atoms with Gasteiger partial charge in [-0.05, 0) is 25.0 Å². The van der Waals surface area contributed by atoms with Gasteiger partial charge in [0, 0.05) is 50.3 Å². The molecule has 154 valence electrons. The van der Waals surface area contributed by atoms with Crippen LogP contribution in [0.4, 0.5) is 0 Å². The monoisotopic (exact) mass is 415 g/mol. The van der Waals surface area contributed by atoms with Crippen LogP contribution in [0.25, 0.3) is 11.0 Å². The predicted molar refractivity (Wildman–Crippen MR) is 112 cm³/mol. The summed E-state index contributed by atoms with van der Waals surface area (Å²) in [5, 5.41) is 13.2. The highest BCUT2D eigenvalue weighted by atomic mass is 35.5. The molecule has 0 saturated carbocycles. The third-order valence-corrected chi connectivity index (χ3v) is 5.93. The standard InChI is InChI=1S/C21H25N5O2.ClH/c27-20(6-5-17-13-16-3-1-2-4-18(16)28-17)25-10-7-15(8-11-25)21-24-23-19-14-22-9-12-26(19)21;/h1-4,13,15,22H,5-12,14H2;1H. The first-order chi connectivity index (χ1) is 13.8. The van der Waals surface area contributed by atoms with E-state index in [9.17, 15) is 4.79 Å². The first kappa shape index (κ1) is 19.9. The maximum absolute atomic E-state index is 12.7. The van der Waals surface area contributed by atoms with Crippen molar-refractivity contribution in [2.24, 2.45) is 0 Å². The number of para-hydroxylation sites is 1. The fourth-order valence-electron chi connectivity index (χ4n) is 4.35. The van der Waals surface area contributed by atoms with E-state index in [0.717, 1.165) is 73.9 Å². The summed E-state index contributed by atoms with van der Waals surface area (Å²) in [6.07, 6.45) is 3.07. The van der Waals surface area contributed by atoms with Crippen LogP contribution in [0, 0.1) is 0 Å². The molecule has 1 aromatic carbocycles. The van der Waals surface area contributed by atoms with Crippen molar-refractivity contribution in [3.63, 3.8) is 0 Å². The van der Waals surface area contributed by atoms with Gasteiger partial charge in [-0.15, -0.1) is 22.6 Å². The zero-order valence-electron chi connectivity index (χ0n) is 16.3. The average Bonchev–Trinajstić information content (AvgIpc) is 3.36. The van der Waals surface area contributed by atoms with E-state index in [1.54, 1.807) is 0 Å². The number of carbonyl (C=O) groups is 1. The molecule has 0 unspecified atom stereocenters. The minimum Gasteiger partial charge on any atom is -0.461 e. The number of hydrogen-bond donors (Lipinski definition) is 1. The van der Waals surface area contributed by atoms with E-state index in [1.165, 1.54) is 0 Å². The molecule has 2 aliphatic heterocycles. The van der Waals surface area contributed by atoms with E-state index < -0.39 is 0 Å². The molecule has 4 heterocycles. The molecule has 3 aromatic rings. The number of nitrogens with zero attached hydrogens (tertiary/aromatic N) is 4. The number of nitrogens with one attached hydrogen (secondary N) is 1. The van der Waals surface area contributed by atoms with Crippen LogP contribution in [0.15, 0.2) is 34.7 Å². The van der Waals surface area contributed by atoms with Crippen LogP contribution >= 0.6 is 12.4 Å². The van der Waals surface area contributed by atoms with Crippen LogP contribution < -0.4 is 5.32 Å². The molecule has 2 aliphatic rings. The SMILES string of the molecule is Cl.O=C(CCc1cc2ccccc2o1)N1CCC(c2nnc3n2CCNC3)CC1. The number of hydrogen-bond acceptors (Lipinski definition) is 5. The first-order valence-electron chi connectivity index (χ1n) is 10.2. The van der Waals surface area contributed by atoms with Gasteiger partial charge in [0.15, 0.2) is 0 Å². The summed E-state index contributed by atoms with van der Waals surface area (Å²) in [7, 11) is 0. The molecule has 2 aromatic heterocycles. The van der Waals surface area contributed by atoms with Crippen LogP contribution in [-0.4, -0.2) is 45.2 Å². The molecule has 7 nitrogen and oxygen atoms in total. The third-order valence-electron chi connectivity index (χ3n) is 5.93. The van der Waals surface area contributed by atoms with Crippen LogP contribution in [-0.2, 0) is 24.3 Å². The van der Waals surface area contributed by atoms with E-state index in [4.69, 9.17) is 4.42 Å². The minimum absolute atomic E-state index is 0. The number of rotatable bonds is 4. The summed E-state index contributed by atoms with van der Waals surface area (Å²) >= 11 is 0. The number of halogens is 1. The molecule has 0 spiro atoms. The van der Waals surface area contributed by atoms with Gasteiger partial charge in [0.1, 0.15) is 23.0 Å². The molecular formula is C21H26ClN5O2. The van der Waals surface area contributed by atoms with Gasteiger partial charge in [-0.1, -0.05) is 18.2 Å². The van der Waals surface area contributed by atoms with Crippen molar-refractivity contribution in [3.8, 4) is 0 Å². The Morgan fingerprint density at radius 3 is 2.83 bits per heavy atom. The van der Waals surface area contributed by atoms with Gasteiger partial charge in [0.2, 0.25) is 5.91 Å². The highest BCUT2D eigenvalue weighted by molar-refractivity contribution is 5.85. The highest BCUT2D eigenvalue weighted by Crippen LogP contribution is 2.28. The Hall–Kier alpha value is -2.38. The normalized spacial score (nSPS) is 17.2. The second kappa shape index (κ2) is 8.55. The molecule has 0 atom stereocenters. The molecule has 29 heavy (non-hydrogen) atoms. The third kappa shape index (κ3) is 4.02. The van der Waals surface area contributed by atoms with E-state index in [2.05, 4.69) is 20.1 Å². The van der Waals surface area contributed by atoms with Gasteiger partial charge >= 0.3 is 0 Å². The topological polar surface area (TPSA) is 76.2 Å². The zero-order valence-corrected chi connectivity index (χ0v) is 17.2.